The van der Waals surface area contributed by atoms with E-state index >= 15 is 0 Å². The highest BCUT2D eigenvalue weighted by Crippen LogP contribution is 2.44. The highest BCUT2D eigenvalue weighted by atomic mass is 16.5. The van der Waals surface area contributed by atoms with Gasteiger partial charge < -0.3 is 14.4 Å². The molecule has 0 saturated carbocycles. The number of carbonyl (C=O) groups excluding carboxylic acids is 1. The van der Waals surface area contributed by atoms with E-state index in [0.29, 0.717) is 0 Å². The Kier molecular flexibility index (Phi) is 5.01. The van der Waals surface area contributed by atoms with Gasteiger partial charge in [-0.15, -0.1) is 0 Å². The number of ether oxygens (including phenoxy) is 2. The van der Waals surface area contributed by atoms with Crippen LogP contribution in [0.3, 0.4) is 0 Å². The van der Waals surface area contributed by atoms with Crippen molar-refractivity contribution in [3.05, 3.63) is 53.6 Å². The van der Waals surface area contributed by atoms with Crippen molar-refractivity contribution < 1.29 is 14.3 Å². The molecule has 0 N–H and O–H groups in total. The molecule has 1 heterocycles. The molecule has 2 aromatic carbocycles. The summed E-state index contributed by atoms with van der Waals surface area (Å²) in [6.07, 6.45) is 2.26. The molecule has 0 amide bonds. The quantitative estimate of drug-likeness (QED) is 0.710. The minimum atomic E-state index is -0.287. The molecule has 0 aromatic heterocycles. The Labute approximate surface area is 161 Å². The second kappa shape index (κ2) is 7.10. The number of anilines is 1. The van der Waals surface area contributed by atoms with Crippen LogP contribution in [0.5, 0.6) is 5.75 Å². The summed E-state index contributed by atoms with van der Waals surface area (Å²) < 4.78 is 11.0. The summed E-state index contributed by atoms with van der Waals surface area (Å²) >= 11 is 0. The smallest absolute Gasteiger partial charge is 0.302 e. The van der Waals surface area contributed by atoms with Gasteiger partial charge in [-0.2, -0.15) is 0 Å². The number of carbonyl (C=O) groups is 1. The Morgan fingerprint density at radius 1 is 1.11 bits per heavy atom. The largest absolute Gasteiger partial charge is 0.496 e. The summed E-state index contributed by atoms with van der Waals surface area (Å²) in [5.74, 6) is 0.511. The molecule has 0 unspecified atom stereocenters. The average Bonchev–Trinajstić information content (AvgIpc) is 2.63. The van der Waals surface area contributed by atoms with E-state index in [1.54, 1.807) is 7.11 Å². The zero-order chi connectivity index (χ0) is 19.8. The van der Waals surface area contributed by atoms with Crippen LogP contribution in [0.25, 0.3) is 16.7 Å². The van der Waals surface area contributed by atoms with Crippen molar-refractivity contribution in [1.29, 1.82) is 0 Å². The molecular formula is C23H27NO3. The topological polar surface area (TPSA) is 38.8 Å². The molecule has 1 aliphatic heterocycles. The van der Waals surface area contributed by atoms with Gasteiger partial charge in [0, 0.05) is 36.3 Å². The number of rotatable bonds is 4. The number of esters is 1. The van der Waals surface area contributed by atoms with Gasteiger partial charge in [0.05, 0.1) is 12.6 Å². The van der Waals surface area contributed by atoms with Crippen LogP contribution < -0.4 is 9.64 Å². The van der Waals surface area contributed by atoms with Gasteiger partial charge in [0.15, 0.2) is 0 Å². The van der Waals surface area contributed by atoms with Crippen molar-refractivity contribution in [2.24, 2.45) is 0 Å². The molecular weight excluding hydrogens is 338 g/mol. The number of methoxy groups -OCH3 is 1. The van der Waals surface area contributed by atoms with Crippen molar-refractivity contribution in [1.82, 2.24) is 0 Å². The predicted molar refractivity (Wildman–Crippen MR) is 110 cm³/mol. The lowest BCUT2D eigenvalue weighted by Gasteiger charge is -2.41. The lowest BCUT2D eigenvalue weighted by molar-refractivity contribution is -0.142. The maximum absolute atomic E-state index is 11.5. The zero-order valence-corrected chi connectivity index (χ0v) is 16.9. The first-order chi connectivity index (χ1) is 12.8. The first-order valence-corrected chi connectivity index (χ1v) is 9.12. The van der Waals surface area contributed by atoms with Gasteiger partial charge in [-0.1, -0.05) is 30.3 Å². The summed E-state index contributed by atoms with van der Waals surface area (Å²) in [4.78, 5) is 13.8. The molecule has 0 fully saturated rings. The summed E-state index contributed by atoms with van der Waals surface area (Å²) in [5, 5.41) is 0. The van der Waals surface area contributed by atoms with E-state index in [-0.39, 0.29) is 18.1 Å². The third kappa shape index (κ3) is 3.44. The monoisotopic (exact) mass is 365 g/mol. The molecule has 0 aliphatic carbocycles. The van der Waals surface area contributed by atoms with Crippen LogP contribution >= 0.6 is 0 Å². The van der Waals surface area contributed by atoms with Crippen molar-refractivity contribution in [2.75, 3.05) is 19.1 Å². The fourth-order valence-electron chi connectivity index (χ4n) is 3.81. The number of benzene rings is 2. The van der Waals surface area contributed by atoms with E-state index in [4.69, 9.17) is 9.47 Å². The second-order valence-corrected chi connectivity index (χ2v) is 7.51. The molecule has 2 aromatic rings. The Bertz CT molecular complexity index is 912. The molecule has 4 nitrogen and oxygen atoms in total. The van der Waals surface area contributed by atoms with E-state index in [9.17, 15) is 4.79 Å². The number of nitrogens with zero attached hydrogens (tertiary/aromatic N) is 1. The average molecular weight is 365 g/mol. The summed E-state index contributed by atoms with van der Waals surface area (Å²) in [6, 6.07) is 12.2. The first-order valence-electron chi connectivity index (χ1n) is 9.12. The lowest BCUT2D eigenvalue weighted by atomic mass is 9.84. The maximum Gasteiger partial charge on any atom is 0.302 e. The Balaban J connectivity index is 2.27. The molecule has 4 heteroatoms. The number of allylic oxidation sites excluding steroid dienone is 1. The van der Waals surface area contributed by atoms with Crippen molar-refractivity contribution in [2.45, 2.75) is 39.8 Å². The Hall–Kier alpha value is -2.75. The van der Waals surface area contributed by atoms with Crippen LogP contribution in [0.2, 0.25) is 0 Å². The Morgan fingerprint density at radius 2 is 1.81 bits per heavy atom. The fourth-order valence-corrected chi connectivity index (χ4v) is 3.81. The highest BCUT2D eigenvalue weighted by molar-refractivity contribution is 5.89. The van der Waals surface area contributed by atoms with E-state index in [1.807, 2.05) is 24.3 Å². The molecule has 0 spiro atoms. The molecule has 0 saturated heterocycles. The summed E-state index contributed by atoms with van der Waals surface area (Å²) in [6.45, 7) is 8.18. The van der Waals surface area contributed by atoms with Crippen LogP contribution in [-0.2, 0) is 16.1 Å². The number of fused-ring (bicyclic) bond motifs is 1. The predicted octanol–water partition coefficient (Wildman–Crippen LogP) is 5.06. The summed E-state index contributed by atoms with van der Waals surface area (Å²) in [7, 11) is 3.77. The van der Waals surface area contributed by atoms with Crippen LogP contribution in [0.15, 0.2) is 42.5 Å². The van der Waals surface area contributed by atoms with Gasteiger partial charge >= 0.3 is 5.97 Å². The normalized spacial score (nSPS) is 15.0. The minimum absolute atomic E-state index is 0.0816. The SMILES string of the molecule is COc1ccccc1-c1ccc2c(c1COC(C)=O)C(C)=CC(C)(C)N2C. The van der Waals surface area contributed by atoms with Gasteiger partial charge in [0.25, 0.3) is 0 Å². The van der Waals surface area contributed by atoms with Crippen molar-refractivity contribution in [3.8, 4) is 16.9 Å². The van der Waals surface area contributed by atoms with E-state index in [0.717, 1.165) is 33.7 Å². The second-order valence-electron chi connectivity index (χ2n) is 7.51. The lowest BCUT2D eigenvalue weighted by Crippen LogP contribution is -2.42. The summed E-state index contributed by atoms with van der Waals surface area (Å²) in [5.41, 5.74) is 6.39. The van der Waals surface area contributed by atoms with Gasteiger partial charge in [0.1, 0.15) is 12.4 Å². The number of hydrogen-bond donors (Lipinski definition) is 0. The Morgan fingerprint density at radius 3 is 2.48 bits per heavy atom. The van der Waals surface area contributed by atoms with Crippen LogP contribution in [0, 0.1) is 0 Å². The van der Waals surface area contributed by atoms with Gasteiger partial charge in [0.2, 0.25) is 0 Å². The van der Waals surface area contributed by atoms with Crippen molar-refractivity contribution in [3.63, 3.8) is 0 Å². The molecule has 1 aliphatic rings. The van der Waals surface area contributed by atoms with Gasteiger partial charge in [-0.05, 0) is 44.0 Å². The molecule has 0 atom stereocenters. The molecule has 27 heavy (non-hydrogen) atoms. The fraction of sp³-hybridized carbons (Fsp3) is 0.348. The minimum Gasteiger partial charge on any atom is -0.496 e. The van der Waals surface area contributed by atoms with Gasteiger partial charge in [-0.25, -0.2) is 0 Å². The first kappa shape index (κ1) is 19.0. The highest BCUT2D eigenvalue weighted by Gasteiger charge is 2.31. The third-order valence-electron chi connectivity index (χ3n) is 5.30. The third-order valence-corrected chi connectivity index (χ3v) is 5.30. The van der Waals surface area contributed by atoms with E-state index in [2.05, 4.69) is 50.9 Å². The standard InChI is InChI=1S/C23H27NO3/c1-15-13-23(3,4)24(5)20-12-11-17(18-9-7-8-10-21(18)26-6)19(22(15)20)14-27-16(2)25/h7-13H,14H2,1-6H3. The number of likely N-dealkylation sites (N-methyl/N-ethyl adjacent to an activating group) is 1. The van der Waals surface area contributed by atoms with E-state index in [1.165, 1.54) is 12.5 Å². The van der Waals surface area contributed by atoms with Crippen molar-refractivity contribution >= 4 is 17.2 Å². The van der Waals surface area contributed by atoms with Crippen LogP contribution in [-0.4, -0.2) is 25.7 Å². The molecule has 142 valence electrons. The van der Waals surface area contributed by atoms with Crippen LogP contribution in [0.1, 0.15) is 38.8 Å². The van der Waals surface area contributed by atoms with Crippen LogP contribution in [0.4, 0.5) is 5.69 Å². The number of hydrogen-bond acceptors (Lipinski definition) is 4. The molecule has 3 rings (SSSR count). The zero-order valence-electron chi connectivity index (χ0n) is 16.9. The maximum atomic E-state index is 11.5. The number of para-hydroxylation sites is 1. The van der Waals surface area contributed by atoms with Gasteiger partial charge in [-0.3, -0.25) is 4.79 Å². The molecule has 0 bridgehead atoms. The van der Waals surface area contributed by atoms with E-state index < -0.39 is 0 Å². The molecule has 0 radical (unpaired) electrons.